The van der Waals surface area contributed by atoms with Crippen molar-refractivity contribution in [3.05, 3.63) is 23.5 Å². The van der Waals surface area contributed by atoms with E-state index < -0.39 is 25.0 Å². The Bertz CT molecular complexity index is 1010. The van der Waals surface area contributed by atoms with Crippen molar-refractivity contribution >= 4 is 49.1 Å². The fourth-order valence-electron chi connectivity index (χ4n) is 1.73. The Morgan fingerprint density at radius 2 is 1.84 bits per heavy atom. The summed E-state index contributed by atoms with van der Waals surface area (Å²) in [6.07, 6.45) is 0.924. The van der Waals surface area contributed by atoms with Crippen molar-refractivity contribution < 1.29 is 26.1 Å². The van der Waals surface area contributed by atoms with E-state index in [9.17, 15) is 21.4 Å². The second-order valence-corrected chi connectivity index (χ2v) is 8.08. The second kappa shape index (κ2) is 6.95. The zero-order chi connectivity index (χ0) is 18.8. The maximum atomic E-state index is 11.5. The van der Waals surface area contributed by atoms with Crippen molar-refractivity contribution in [3.8, 4) is 6.01 Å². The molecule has 0 amide bonds. The lowest BCUT2D eigenvalue weighted by atomic mass is 10.3. The lowest BCUT2D eigenvalue weighted by molar-refractivity contribution is 0.379. The molecule has 1 aromatic carbocycles. The number of nitrogens with zero attached hydrogens (tertiary/aromatic N) is 3. The number of methoxy groups -OCH3 is 1. The van der Waals surface area contributed by atoms with Gasteiger partial charge < -0.3 is 10.1 Å². The molecule has 1 aromatic heterocycles. The predicted molar refractivity (Wildman–Crippen MR) is 89.4 cm³/mol. The number of hydrogen-bond acceptors (Lipinski definition) is 9. The summed E-state index contributed by atoms with van der Waals surface area (Å²) in [6.45, 7) is 0. The van der Waals surface area contributed by atoms with Crippen LogP contribution in [0, 0.1) is 0 Å². The van der Waals surface area contributed by atoms with Crippen LogP contribution in [0.4, 0.5) is 17.3 Å². The molecule has 1 heterocycles. The molecule has 0 radical (unpaired) electrons. The van der Waals surface area contributed by atoms with Crippen molar-refractivity contribution in [2.75, 3.05) is 23.4 Å². The minimum atomic E-state index is -4.61. The highest BCUT2D eigenvalue weighted by atomic mass is 35.5. The van der Waals surface area contributed by atoms with E-state index in [0.717, 1.165) is 24.5 Å². The maximum Gasteiger partial charge on any atom is 0.322 e. The van der Waals surface area contributed by atoms with Gasteiger partial charge in [-0.05, 0) is 29.8 Å². The van der Waals surface area contributed by atoms with E-state index in [1.165, 1.54) is 7.11 Å². The summed E-state index contributed by atoms with van der Waals surface area (Å²) in [7, 11) is -6.93. The highest BCUT2D eigenvalue weighted by Gasteiger charge is 2.18. The summed E-state index contributed by atoms with van der Waals surface area (Å²) in [4.78, 5) is 10.7. The number of hydrogen-bond donors (Lipinski definition) is 3. The van der Waals surface area contributed by atoms with Gasteiger partial charge in [-0.2, -0.15) is 23.4 Å². The summed E-state index contributed by atoms with van der Waals surface area (Å²) >= 11 is 5.70. The third kappa shape index (κ3) is 5.38. The molecule has 2 aromatic rings. The summed E-state index contributed by atoms with van der Waals surface area (Å²) in [5.41, 5.74) is -0.148. The van der Waals surface area contributed by atoms with Crippen LogP contribution in [-0.2, 0) is 20.1 Å². The number of aromatic nitrogens is 3. The summed E-state index contributed by atoms with van der Waals surface area (Å²) in [5.74, 6) is -0.182. The van der Waals surface area contributed by atoms with Gasteiger partial charge in [0.05, 0.1) is 24.7 Å². The Kier molecular flexibility index (Phi) is 5.31. The molecule has 0 unspecified atom stereocenters. The van der Waals surface area contributed by atoms with Gasteiger partial charge in [-0.1, -0.05) is 0 Å². The van der Waals surface area contributed by atoms with Crippen molar-refractivity contribution in [2.24, 2.45) is 0 Å². The molecule has 0 saturated heterocycles. The third-order valence-electron chi connectivity index (χ3n) is 2.58. The van der Waals surface area contributed by atoms with E-state index in [1.54, 1.807) is 0 Å². The summed E-state index contributed by atoms with van der Waals surface area (Å²) < 4.78 is 61.9. The molecular weight excluding hydrogens is 398 g/mol. The van der Waals surface area contributed by atoms with Crippen LogP contribution in [-0.4, -0.2) is 49.7 Å². The number of anilines is 3. The molecule has 14 heteroatoms. The molecule has 0 aliphatic heterocycles. The predicted octanol–water partition coefficient (Wildman–Crippen LogP) is 0.895. The van der Waals surface area contributed by atoms with Crippen LogP contribution in [0.5, 0.6) is 6.01 Å². The number of sulfonamides is 1. The Morgan fingerprint density at radius 1 is 1.16 bits per heavy atom. The van der Waals surface area contributed by atoms with Crippen LogP contribution >= 0.6 is 11.6 Å². The first-order valence-corrected chi connectivity index (χ1v) is 10.0. The number of nitrogens with one attached hydrogen (secondary N) is 2. The van der Waals surface area contributed by atoms with Gasteiger partial charge in [0.15, 0.2) is 0 Å². The van der Waals surface area contributed by atoms with Crippen LogP contribution in [0.3, 0.4) is 0 Å². The third-order valence-corrected chi connectivity index (χ3v) is 4.26. The Balaban J connectivity index is 2.53. The van der Waals surface area contributed by atoms with Gasteiger partial charge in [0.1, 0.15) is 4.90 Å². The fraction of sp³-hybridized carbons (Fsp3) is 0.182. The summed E-state index contributed by atoms with van der Waals surface area (Å²) in [5, 5.41) is 2.29. The van der Waals surface area contributed by atoms with Crippen LogP contribution < -0.4 is 14.8 Å². The number of ether oxygens (including phenoxy) is 1. The first-order valence-electron chi connectivity index (χ1n) is 6.30. The van der Waals surface area contributed by atoms with E-state index in [2.05, 4.69) is 25.0 Å². The van der Waals surface area contributed by atoms with Crippen molar-refractivity contribution in [1.29, 1.82) is 0 Å². The quantitative estimate of drug-likeness (QED) is 0.584. The topological polar surface area (TPSA) is 160 Å². The Labute approximate surface area is 148 Å². The molecule has 0 fully saturated rings. The zero-order valence-corrected chi connectivity index (χ0v) is 15.1. The molecule has 2 rings (SSSR count). The minimum absolute atomic E-state index is 0.0459. The molecule has 136 valence electrons. The number of rotatable bonds is 6. The highest BCUT2D eigenvalue weighted by molar-refractivity contribution is 7.92. The lowest BCUT2D eigenvalue weighted by Gasteiger charge is -2.12. The normalized spacial score (nSPS) is 11.8. The molecule has 0 spiro atoms. The smallest absolute Gasteiger partial charge is 0.322 e. The molecule has 25 heavy (non-hydrogen) atoms. The molecule has 11 nitrogen and oxygen atoms in total. The summed E-state index contributed by atoms with van der Waals surface area (Å²) in [6, 6.07) is 3.16. The monoisotopic (exact) mass is 409 g/mol. The van der Waals surface area contributed by atoms with Crippen molar-refractivity contribution in [2.45, 2.75) is 4.90 Å². The molecule has 0 aliphatic rings. The first-order chi connectivity index (χ1) is 11.5. The van der Waals surface area contributed by atoms with E-state index in [1.807, 2.05) is 0 Å². The highest BCUT2D eigenvalue weighted by Crippen LogP contribution is 2.28. The van der Waals surface area contributed by atoms with Gasteiger partial charge in [0.25, 0.3) is 10.1 Å². The SMILES string of the molecule is COc1nc(Cl)nc(Nc2cc(NS(C)(=O)=O)ccc2S(=O)(=O)O)n1. The fourth-order valence-corrected chi connectivity index (χ4v) is 3.07. The van der Waals surface area contributed by atoms with Gasteiger partial charge in [0.2, 0.25) is 21.3 Å². The molecule has 0 bridgehead atoms. The van der Waals surface area contributed by atoms with Gasteiger partial charge >= 0.3 is 6.01 Å². The van der Waals surface area contributed by atoms with Gasteiger partial charge in [-0.25, -0.2) is 8.42 Å². The first kappa shape index (κ1) is 19.1. The van der Waals surface area contributed by atoms with Crippen molar-refractivity contribution in [3.63, 3.8) is 0 Å². The van der Waals surface area contributed by atoms with E-state index in [0.29, 0.717) is 0 Å². The van der Waals surface area contributed by atoms with E-state index >= 15 is 0 Å². The van der Waals surface area contributed by atoms with Gasteiger partial charge in [-0.15, -0.1) is 0 Å². The number of benzene rings is 1. The molecule has 0 saturated carbocycles. The average molecular weight is 410 g/mol. The zero-order valence-electron chi connectivity index (χ0n) is 12.8. The lowest BCUT2D eigenvalue weighted by Crippen LogP contribution is -2.11. The Morgan fingerprint density at radius 3 is 2.40 bits per heavy atom. The van der Waals surface area contributed by atoms with Crippen LogP contribution in [0.15, 0.2) is 23.1 Å². The second-order valence-electron chi connectivity index (χ2n) is 4.60. The van der Waals surface area contributed by atoms with Crippen LogP contribution in [0.1, 0.15) is 0 Å². The molecule has 0 aliphatic carbocycles. The van der Waals surface area contributed by atoms with Crippen LogP contribution in [0.2, 0.25) is 5.28 Å². The maximum absolute atomic E-state index is 11.5. The van der Waals surface area contributed by atoms with E-state index in [-0.39, 0.29) is 28.6 Å². The van der Waals surface area contributed by atoms with Gasteiger partial charge in [-0.3, -0.25) is 9.27 Å². The average Bonchev–Trinajstić information content (AvgIpc) is 2.43. The number of halogens is 1. The van der Waals surface area contributed by atoms with Crippen molar-refractivity contribution in [1.82, 2.24) is 15.0 Å². The molecular formula is C11H12ClN5O6S2. The molecule has 0 atom stereocenters. The van der Waals surface area contributed by atoms with Crippen LogP contribution in [0.25, 0.3) is 0 Å². The standard InChI is InChI=1S/C11H12ClN5O6S2/c1-23-11-15-9(12)14-10(16-11)13-7-5-6(17-24(2,18)19)3-4-8(7)25(20,21)22/h3-5,17H,1-2H3,(H,20,21,22)(H,13,14,15,16). The largest absolute Gasteiger partial charge is 0.467 e. The van der Waals surface area contributed by atoms with E-state index in [4.69, 9.17) is 16.3 Å². The van der Waals surface area contributed by atoms with Gasteiger partial charge in [0, 0.05) is 0 Å². The molecule has 3 N–H and O–H groups in total. The Hall–Kier alpha value is -2.22. The minimum Gasteiger partial charge on any atom is -0.467 e.